The largest absolute Gasteiger partial charge is 0.497 e. The van der Waals surface area contributed by atoms with Gasteiger partial charge >= 0.3 is 0 Å². The van der Waals surface area contributed by atoms with Gasteiger partial charge in [0.15, 0.2) is 5.82 Å². The highest BCUT2D eigenvalue weighted by Crippen LogP contribution is 2.43. The van der Waals surface area contributed by atoms with Crippen molar-refractivity contribution in [3.05, 3.63) is 100 Å². The first-order chi connectivity index (χ1) is 14.7. The highest BCUT2D eigenvalue weighted by atomic mass is 16.5. The van der Waals surface area contributed by atoms with Gasteiger partial charge in [0.05, 0.1) is 29.6 Å². The third-order valence-electron chi connectivity index (χ3n) is 5.78. The fraction of sp³-hybridized carbons (Fsp3) is 0.0800. The smallest absolute Gasteiger partial charge is 0.281 e. The number of rotatable bonds is 2. The molecule has 0 N–H and O–H groups in total. The van der Waals surface area contributed by atoms with Gasteiger partial charge in [0.2, 0.25) is 0 Å². The lowest BCUT2D eigenvalue weighted by Gasteiger charge is -2.19. The van der Waals surface area contributed by atoms with Crippen LogP contribution in [0.5, 0.6) is 5.75 Å². The van der Waals surface area contributed by atoms with Crippen molar-refractivity contribution >= 4 is 21.8 Å². The Morgan fingerprint density at radius 2 is 1.67 bits per heavy atom. The lowest BCUT2D eigenvalue weighted by Crippen LogP contribution is -2.16. The predicted octanol–water partition coefficient (Wildman–Crippen LogP) is 4.57. The van der Waals surface area contributed by atoms with E-state index in [2.05, 4.69) is 33.8 Å². The van der Waals surface area contributed by atoms with Gasteiger partial charge in [0.25, 0.3) is 5.56 Å². The lowest BCUT2D eigenvalue weighted by molar-refractivity contribution is 0.414. The molecule has 1 atom stereocenters. The van der Waals surface area contributed by atoms with Gasteiger partial charge < -0.3 is 9.30 Å². The van der Waals surface area contributed by atoms with Crippen molar-refractivity contribution < 1.29 is 4.74 Å². The van der Waals surface area contributed by atoms with Crippen molar-refractivity contribution in [1.29, 1.82) is 0 Å². The van der Waals surface area contributed by atoms with Crippen molar-refractivity contribution in [3.63, 3.8) is 0 Å². The molecule has 2 aromatic heterocycles. The molecule has 1 aliphatic rings. The highest BCUT2D eigenvalue weighted by molar-refractivity contribution is 5.87. The SMILES string of the molecule is COc1ccc(C2c3cc4ccccc4nc3-c3nc(=O)c4ccccc4n32)cc1. The molecule has 0 saturated carbocycles. The summed E-state index contributed by atoms with van der Waals surface area (Å²) < 4.78 is 7.48. The van der Waals surface area contributed by atoms with Crippen LogP contribution in [0, 0.1) is 0 Å². The van der Waals surface area contributed by atoms with Crippen LogP contribution >= 0.6 is 0 Å². The lowest BCUT2D eigenvalue weighted by atomic mass is 9.98. The average Bonchev–Trinajstić information content (AvgIpc) is 3.11. The van der Waals surface area contributed by atoms with E-state index in [9.17, 15) is 4.79 Å². The van der Waals surface area contributed by atoms with Crippen molar-refractivity contribution in [2.75, 3.05) is 7.11 Å². The second kappa shape index (κ2) is 6.26. The van der Waals surface area contributed by atoms with Crippen LogP contribution in [0.1, 0.15) is 17.2 Å². The van der Waals surface area contributed by atoms with Gasteiger partial charge in [-0.3, -0.25) is 4.79 Å². The molecule has 0 spiro atoms. The van der Waals surface area contributed by atoms with Gasteiger partial charge in [0, 0.05) is 10.9 Å². The zero-order chi connectivity index (χ0) is 20.2. The van der Waals surface area contributed by atoms with E-state index in [0.717, 1.165) is 39.0 Å². The Morgan fingerprint density at radius 1 is 0.900 bits per heavy atom. The van der Waals surface area contributed by atoms with Gasteiger partial charge in [-0.25, -0.2) is 4.98 Å². The zero-order valence-electron chi connectivity index (χ0n) is 16.2. The maximum absolute atomic E-state index is 12.8. The first-order valence-corrected chi connectivity index (χ1v) is 9.80. The Labute approximate surface area is 172 Å². The summed E-state index contributed by atoms with van der Waals surface area (Å²) >= 11 is 0. The van der Waals surface area contributed by atoms with Crippen LogP contribution < -0.4 is 10.3 Å². The molecule has 0 radical (unpaired) electrons. The maximum atomic E-state index is 12.8. The van der Waals surface area contributed by atoms with Gasteiger partial charge in [-0.15, -0.1) is 0 Å². The Bertz CT molecular complexity index is 1500. The predicted molar refractivity (Wildman–Crippen MR) is 117 cm³/mol. The van der Waals surface area contributed by atoms with E-state index in [1.807, 2.05) is 54.6 Å². The second-order valence-electron chi connectivity index (χ2n) is 7.42. The van der Waals surface area contributed by atoms with Crippen LogP contribution in [-0.4, -0.2) is 21.6 Å². The van der Waals surface area contributed by atoms with Gasteiger partial charge in [-0.05, 0) is 42.0 Å². The summed E-state index contributed by atoms with van der Waals surface area (Å²) in [6.45, 7) is 0. The summed E-state index contributed by atoms with van der Waals surface area (Å²) in [5.41, 5.74) is 4.41. The number of hydrogen-bond donors (Lipinski definition) is 0. The van der Waals surface area contributed by atoms with Crippen molar-refractivity contribution in [3.8, 4) is 17.3 Å². The van der Waals surface area contributed by atoms with Crippen LogP contribution in [0.2, 0.25) is 0 Å². The van der Waals surface area contributed by atoms with Crippen LogP contribution in [0.15, 0.2) is 83.7 Å². The van der Waals surface area contributed by atoms with Crippen molar-refractivity contribution in [2.45, 2.75) is 6.04 Å². The Morgan fingerprint density at radius 3 is 2.50 bits per heavy atom. The third-order valence-corrected chi connectivity index (χ3v) is 5.78. The topological polar surface area (TPSA) is 57.0 Å². The van der Waals surface area contributed by atoms with Gasteiger partial charge in [-0.2, -0.15) is 4.98 Å². The van der Waals surface area contributed by atoms with E-state index in [4.69, 9.17) is 9.72 Å². The molecule has 3 aromatic carbocycles. The molecular formula is C25H17N3O2. The number of pyridine rings is 1. The summed E-state index contributed by atoms with van der Waals surface area (Å²) in [7, 11) is 1.66. The molecule has 1 unspecified atom stereocenters. The first kappa shape index (κ1) is 16.9. The summed E-state index contributed by atoms with van der Waals surface area (Å²) in [6.07, 6.45) is 0. The van der Waals surface area contributed by atoms with Crippen molar-refractivity contribution in [1.82, 2.24) is 14.5 Å². The van der Waals surface area contributed by atoms with Crippen LogP contribution in [0.3, 0.4) is 0 Å². The molecule has 0 aliphatic carbocycles. The molecule has 3 heterocycles. The molecular weight excluding hydrogens is 374 g/mol. The molecule has 5 nitrogen and oxygen atoms in total. The van der Waals surface area contributed by atoms with E-state index in [1.165, 1.54) is 0 Å². The number of hydrogen-bond acceptors (Lipinski definition) is 4. The molecule has 0 amide bonds. The fourth-order valence-electron chi connectivity index (χ4n) is 4.39. The van der Waals surface area contributed by atoms with E-state index in [-0.39, 0.29) is 11.6 Å². The monoisotopic (exact) mass is 391 g/mol. The number of methoxy groups -OCH3 is 1. The molecule has 5 heteroatoms. The summed E-state index contributed by atoms with van der Waals surface area (Å²) in [6, 6.07) is 25.7. The molecule has 1 aliphatic heterocycles. The van der Waals surface area contributed by atoms with Gasteiger partial charge in [-0.1, -0.05) is 42.5 Å². The number of aromatic nitrogens is 3. The molecule has 30 heavy (non-hydrogen) atoms. The van der Waals surface area contributed by atoms with E-state index >= 15 is 0 Å². The minimum atomic E-state index is -0.229. The molecule has 0 saturated heterocycles. The quantitative estimate of drug-likeness (QED) is 0.434. The number of nitrogens with zero attached hydrogens (tertiary/aromatic N) is 3. The summed E-state index contributed by atoms with van der Waals surface area (Å²) in [4.78, 5) is 22.1. The van der Waals surface area contributed by atoms with Crippen molar-refractivity contribution in [2.24, 2.45) is 0 Å². The first-order valence-electron chi connectivity index (χ1n) is 9.80. The Balaban J connectivity index is 1.73. The van der Waals surface area contributed by atoms with E-state index in [0.29, 0.717) is 11.2 Å². The number of fused-ring (bicyclic) bond motifs is 6. The molecule has 144 valence electrons. The van der Waals surface area contributed by atoms with E-state index in [1.54, 1.807) is 7.11 Å². The minimum Gasteiger partial charge on any atom is -0.497 e. The normalized spacial score (nSPS) is 14.6. The molecule has 6 rings (SSSR count). The average molecular weight is 391 g/mol. The van der Waals surface area contributed by atoms with Gasteiger partial charge in [0.1, 0.15) is 11.4 Å². The Kier molecular flexibility index (Phi) is 3.53. The minimum absolute atomic E-state index is 0.129. The zero-order valence-corrected chi connectivity index (χ0v) is 16.2. The molecule has 5 aromatic rings. The third kappa shape index (κ3) is 2.32. The number of para-hydroxylation sites is 2. The van der Waals surface area contributed by atoms with Crippen LogP contribution in [0.4, 0.5) is 0 Å². The second-order valence-corrected chi connectivity index (χ2v) is 7.42. The molecule has 0 bridgehead atoms. The fourth-order valence-corrected chi connectivity index (χ4v) is 4.39. The summed E-state index contributed by atoms with van der Waals surface area (Å²) in [5, 5.41) is 1.67. The van der Waals surface area contributed by atoms with E-state index < -0.39 is 0 Å². The van der Waals surface area contributed by atoms with Crippen LogP contribution in [-0.2, 0) is 0 Å². The highest BCUT2D eigenvalue weighted by Gasteiger charge is 2.33. The van der Waals surface area contributed by atoms with Crippen LogP contribution in [0.25, 0.3) is 33.3 Å². The Hall–Kier alpha value is -3.99. The molecule has 0 fully saturated rings. The number of ether oxygens (including phenoxy) is 1. The number of benzene rings is 3. The maximum Gasteiger partial charge on any atom is 0.281 e. The standard InChI is InChI=1S/C25H17N3O2/c1-30-17-12-10-15(11-13-17)23-19-14-16-6-2-4-8-20(16)26-22(19)24-27-25(29)18-7-3-5-9-21(18)28(23)24/h2-14,23H,1H3. The summed E-state index contributed by atoms with van der Waals surface area (Å²) in [5.74, 6) is 1.41.